The first-order chi connectivity index (χ1) is 21.0. The zero-order valence-electron chi connectivity index (χ0n) is 24.6. The number of ether oxygens (including phenoxy) is 2. The Labute approximate surface area is 249 Å². The second-order valence-corrected chi connectivity index (χ2v) is 11.0. The lowest BCUT2D eigenvalue weighted by atomic mass is 9.91. The SMILES string of the molecule is COc1cc(C(=O)N2CCOCC2)ccc1Cc1ncc2c(n1)-c1c(nn(C)c1-c1ccc(-c3cnn(C)c3)cc1)CC2. The third-order valence-electron chi connectivity index (χ3n) is 8.28. The molecule has 1 aliphatic heterocycles. The van der Waals surface area contributed by atoms with Crippen molar-refractivity contribution in [3.05, 3.63) is 89.3 Å². The van der Waals surface area contributed by atoms with Crippen molar-refractivity contribution in [2.75, 3.05) is 33.4 Å². The summed E-state index contributed by atoms with van der Waals surface area (Å²) in [6.45, 7) is 2.32. The Morgan fingerprint density at radius 3 is 2.51 bits per heavy atom. The summed E-state index contributed by atoms with van der Waals surface area (Å²) in [7, 11) is 5.55. The Bertz CT molecular complexity index is 1820. The van der Waals surface area contributed by atoms with Crippen molar-refractivity contribution >= 4 is 5.91 Å². The van der Waals surface area contributed by atoms with Gasteiger partial charge in [-0.25, -0.2) is 9.97 Å². The van der Waals surface area contributed by atoms with E-state index in [1.807, 2.05) is 65.1 Å². The number of aromatic nitrogens is 6. The molecule has 0 atom stereocenters. The van der Waals surface area contributed by atoms with Crippen LogP contribution >= 0.6 is 0 Å². The number of benzene rings is 2. The van der Waals surface area contributed by atoms with Gasteiger partial charge < -0.3 is 14.4 Å². The van der Waals surface area contributed by atoms with E-state index in [0.717, 1.165) is 63.3 Å². The fourth-order valence-electron chi connectivity index (χ4n) is 6.05. The van der Waals surface area contributed by atoms with E-state index in [9.17, 15) is 4.79 Å². The molecule has 5 aromatic rings. The Kier molecular flexibility index (Phi) is 6.98. The molecule has 3 aromatic heterocycles. The predicted molar refractivity (Wildman–Crippen MR) is 162 cm³/mol. The van der Waals surface area contributed by atoms with Crippen molar-refractivity contribution in [3.63, 3.8) is 0 Å². The van der Waals surface area contributed by atoms with Gasteiger partial charge in [0.1, 0.15) is 11.6 Å². The van der Waals surface area contributed by atoms with E-state index in [2.05, 4.69) is 29.4 Å². The molecule has 1 saturated heterocycles. The third-order valence-corrected chi connectivity index (χ3v) is 8.28. The molecule has 218 valence electrons. The normalized spacial score (nSPS) is 14.3. The topological polar surface area (TPSA) is 100 Å². The maximum absolute atomic E-state index is 13.0. The van der Waals surface area contributed by atoms with Gasteiger partial charge in [-0.2, -0.15) is 10.2 Å². The van der Waals surface area contributed by atoms with Gasteiger partial charge in [0, 0.05) is 73.8 Å². The number of morpholine rings is 1. The minimum Gasteiger partial charge on any atom is -0.496 e. The van der Waals surface area contributed by atoms with Gasteiger partial charge in [0.25, 0.3) is 5.91 Å². The Morgan fingerprint density at radius 2 is 1.77 bits per heavy atom. The monoisotopic (exact) mass is 575 g/mol. The molecule has 2 aromatic carbocycles. The van der Waals surface area contributed by atoms with Crippen molar-refractivity contribution in [2.24, 2.45) is 14.1 Å². The van der Waals surface area contributed by atoms with E-state index < -0.39 is 0 Å². The van der Waals surface area contributed by atoms with E-state index in [4.69, 9.17) is 24.5 Å². The van der Waals surface area contributed by atoms with Gasteiger partial charge in [-0.05, 0) is 36.1 Å². The number of amides is 1. The van der Waals surface area contributed by atoms with Crippen LogP contribution in [0.2, 0.25) is 0 Å². The first-order valence-corrected chi connectivity index (χ1v) is 14.5. The number of hydrogen-bond donors (Lipinski definition) is 0. The van der Waals surface area contributed by atoms with Gasteiger partial charge in [0.2, 0.25) is 0 Å². The number of hydrogen-bond acceptors (Lipinski definition) is 7. The van der Waals surface area contributed by atoms with Crippen molar-refractivity contribution in [1.82, 2.24) is 34.4 Å². The van der Waals surface area contributed by atoms with Crippen molar-refractivity contribution in [2.45, 2.75) is 19.3 Å². The summed E-state index contributed by atoms with van der Waals surface area (Å²) in [5, 5.41) is 9.20. The molecule has 0 unspecified atom stereocenters. The van der Waals surface area contributed by atoms with E-state index in [-0.39, 0.29) is 5.91 Å². The highest BCUT2D eigenvalue weighted by atomic mass is 16.5. The molecule has 1 aliphatic carbocycles. The van der Waals surface area contributed by atoms with Gasteiger partial charge in [-0.3, -0.25) is 14.2 Å². The molecule has 1 amide bonds. The molecule has 4 heterocycles. The lowest BCUT2D eigenvalue weighted by Crippen LogP contribution is -2.40. The smallest absolute Gasteiger partial charge is 0.254 e. The molecule has 43 heavy (non-hydrogen) atoms. The molecule has 2 aliphatic rings. The van der Waals surface area contributed by atoms with Crippen LogP contribution in [0.3, 0.4) is 0 Å². The number of rotatable bonds is 6. The van der Waals surface area contributed by atoms with E-state index >= 15 is 0 Å². The van der Waals surface area contributed by atoms with Gasteiger partial charge in [0.05, 0.1) is 43.6 Å². The van der Waals surface area contributed by atoms with E-state index in [0.29, 0.717) is 49.9 Å². The molecule has 0 bridgehead atoms. The minimum atomic E-state index is -0.0108. The Balaban J connectivity index is 1.20. The van der Waals surface area contributed by atoms with Crippen LogP contribution in [0.1, 0.15) is 33.0 Å². The summed E-state index contributed by atoms with van der Waals surface area (Å²) in [6.07, 6.45) is 8.01. The summed E-state index contributed by atoms with van der Waals surface area (Å²) < 4.78 is 14.9. The van der Waals surface area contributed by atoms with Gasteiger partial charge >= 0.3 is 0 Å². The molecular weight excluding hydrogens is 542 g/mol. The number of nitrogens with zero attached hydrogens (tertiary/aromatic N) is 7. The summed E-state index contributed by atoms with van der Waals surface area (Å²) in [5.74, 6) is 1.33. The fraction of sp³-hybridized carbons (Fsp3) is 0.303. The molecule has 0 radical (unpaired) electrons. The molecule has 0 N–H and O–H groups in total. The summed E-state index contributed by atoms with van der Waals surface area (Å²) >= 11 is 0. The molecule has 1 fully saturated rings. The van der Waals surface area contributed by atoms with Crippen LogP contribution in [0, 0.1) is 0 Å². The lowest BCUT2D eigenvalue weighted by Gasteiger charge is -2.27. The van der Waals surface area contributed by atoms with Crippen LogP contribution in [0.5, 0.6) is 5.75 Å². The summed E-state index contributed by atoms with van der Waals surface area (Å²) in [4.78, 5) is 24.7. The maximum atomic E-state index is 13.0. The largest absolute Gasteiger partial charge is 0.496 e. The first kappa shape index (κ1) is 27.0. The summed E-state index contributed by atoms with van der Waals surface area (Å²) in [5.41, 5.74) is 10.0. The second kappa shape index (κ2) is 11.1. The Morgan fingerprint density at radius 1 is 0.977 bits per heavy atom. The van der Waals surface area contributed by atoms with Gasteiger partial charge in [-0.1, -0.05) is 30.3 Å². The summed E-state index contributed by atoms with van der Waals surface area (Å²) in [6, 6.07) is 14.2. The van der Waals surface area contributed by atoms with Crippen LogP contribution in [0.15, 0.2) is 61.1 Å². The molecule has 10 nitrogen and oxygen atoms in total. The van der Waals surface area contributed by atoms with Crippen LogP contribution in [0.4, 0.5) is 0 Å². The number of fused-ring (bicyclic) bond motifs is 3. The lowest BCUT2D eigenvalue weighted by molar-refractivity contribution is 0.0302. The van der Waals surface area contributed by atoms with Crippen LogP contribution in [0.25, 0.3) is 33.6 Å². The highest BCUT2D eigenvalue weighted by molar-refractivity contribution is 5.95. The molecular formula is C33H33N7O3. The standard InChI is InChI=1S/C33H33N7O3/c1-38-20-26(19-35-38)21-4-6-22(7-5-21)32-30-27(37-39(32)2)11-10-25-18-34-29(36-31(25)30)17-23-8-9-24(16-28(23)42-3)33(41)40-12-14-43-15-13-40/h4-9,16,18-20H,10-15,17H2,1-3H3. The van der Waals surface area contributed by atoms with Crippen LogP contribution in [-0.2, 0) is 38.1 Å². The van der Waals surface area contributed by atoms with Crippen LogP contribution in [-0.4, -0.2) is 73.7 Å². The average Bonchev–Trinajstić information content (AvgIpc) is 3.63. The molecule has 0 saturated carbocycles. The second-order valence-electron chi connectivity index (χ2n) is 11.0. The average molecular weight is 576 g/mol. The van der Waals surface area contributed by atoms with Gasteiger partial charge in [-0.15, -0.1) is 0 Å². The molecule has 10 heteroatoms. The molecule has 7 rings (SSSR count). The number of carbonyl (C=O) groups is 1. The first-order valence-electron chi connectivity index (χ1n) is 14.5. The zero-order chi connectivity index (χ0) is 29.5. The maximum Gasteiger partial charge on any atom is 0.254 e. The number of carbonyl (C=O) groups excluding carboxylic acids is 1. The van der Waals surface area contributed by atoms with Gasteiger partial charge in [0.15, 0.2) is 0 Å². The minimum absolute atomic E-state index is 0.0108. The molecule has 0 spiro atoms. The van der Waals surface area contributed by atoms with Crippen molar-refractivity contribution in [3.8, 4) is 39.4 Å². The van der Waals surface area contributed by atoms with E-state index in [1.54, 1.807) is 7.11 Å². The predicted octanol–water partition coefficient (Wildman–Crippen LogP) is 4.12. The van der Waals surface area contributed by atoms with Crippen molar-refractivity contribution in [1.29, 1.82) is 0 Å². The Hall–Kier alpha value is -4.83. The zero-order valence-corrected chi connectivity index (χ0v) is 24.6. The highest BCUT2D eigenvalue weighted by Gasteiger charge is 2.27. The third kappa shape index (κ3) is 5.08. The van der Waals surface area contributed by atoms with E-state index in [1.165, 1.54) is 0 Å². The fourth-order valence-corrected chi connectivity index (χ4v) is 6.05. The van der Waals surface area contributed by atoms with Crippen molar-refractivity contribution < 1.29 is 14.3 Å². The van der Waals surface area contributed by atoms with Crippen LogP contribution < -0.4 is 4.74 Å². The number of methoxy groups -OCH3 is 1. The highest BCUT2D eigenvalue weighted by Crippen LogP contribution is 2.40. The number of aryl methyl sites for hydroxylation is 4. The quantitative estimate of drug-likeness (QED) is 0.300.